The molecule has 0 spiro atoms. The van der Waals surface area contributed by atoms with Gasteiger partial charge in [0.15, 0.2) is 0 Å². The zero-order chi connectivity index (χ0) is 18.9. The molecular formula is C18H33N3O5. The lowest BCUT2D eigenvalue weighted by Gasteiger charge is -2.33. The van der Waals surface area contributed by atoms with E-state index >= 15 is 0 Å². The molecule has 1 saturated heterocycles. The molecule has 0 bridgehead atoms. The van der Waals surface area contributed by atoms with Crippen molar-refractivity contribution in [2.24, 2.45) is 0 Å². The fraction of sp³-hybridized carbons (Fsp3) is 0.833. The SMILES string of the molecule is CCn1cncc1CN1CCCCCCO[C@H]([C@H](O)CO)[C@H](O)[C@@H](O)C1. The second kappa shape index (κ2) is 11.0. The van der Waals surface area contributed by atoms with Crippen molar-refractivity contribution < 1.29 is 25.2 Å². The molecule has 150 valence electrons. The topological polar surface area (TPSA) is 111 Å². The summed E-state index contributed by atoms with van der Waals surface area (Å²) in [6, 6.07) is 0. The number of β-amino-alcohol motifs (C(OH)–C–C–N with tert-alkyl or cyclic N) is 1. The van der Waals surface area contributed by atoms with Crippen LogP contribution >= 0.6 is 0 Å². The van der Waals surface area contributed by atoms with Gasteiger partial charge in [0.25, 0.3) is 0 Å². The van der Waals surface area contributed by atoms with Crippen LogP contribution in [0.1, 0.15) is 38.3 Å². The van der Waals surface area contributed by atoms with Gasteiger partial charge < -0.3 is 29.7 Å². The predicted molar refractivity (Wildman–Crippen MR) is 96.5 cm³/mol. The third-order valence-corrected chi connectivity index (χ3v) is 4.95. The maximum absolute atomic E-state index is 10.5. The Bertz CT molecular complexity index is 513. The molecule has 0 aliphatic carbocycles. The van der Waals surface area contributed by atoms with Gasteiger partial charge in [-0.25, -0.2) is 4.98 Å². The Morgan fingerprint density at radius 1 is 1.27 bits per heavy atom. The van der Waals surface area contributed by atoms with Gasteiger partial charge in [0.2, 0.25) is 0 Å². The Morgan fingerprint density at radius 3 is 2.77 bits per heavy atom. The molecule has 0 aromatic carbocycles. The molecule has 4 N–H and O–H groups in total. The molecule has 1 aliphatic rings. The van der Waals surface area contributed by atoms with Crippen LogP contribution in [0.3, 0.4) is 0 Å². The van der Waals surface area contributed by atoms with E-state index in [1.807, 2.05) is 6.20 Å². The zero-order valence-corrected chi connectivity index (χ0v) is 15.6. The van der Waals surface area contributed by atoms with Crippen molar-refractivity contribution in [2.45, 2.75) is 70.1 Å². The molecule has 8 heteroatoms. The van der Waals surface area contributed by atoms with Crippen LogP contribution < -0.4 is 0 Å². The highest BCUT2D eigenvalue weighted by atomic mass is 16.5. The molecule has 4 atom stereocenters. The third kappa shape index (κ3) is 6.00. The number of ether oxygens (including phenoxy) is 1. The van der Waals surface area contributed by atoms with Gasteiger partial charge in [-0.05, 0) is 26.3 Å². The Morgan fingerprint density at radius 2 is 2.04 bits per heavy atom. The van der Waals surface area contributed by atoms with E-state index in [4.69, 9.17) is 4.74 Å². The van der Waals surface area contributed by atoms with E-state index < -0.39 is 31.0 Å². The minimum atomic E-state index is -1.27. The fourth-order valence-electron chi connectivity index (χ4n) is 3.37. The van der Waals surface area contributed by atoms with Gasteiger partial charge in [-0.15, -0.1) is 0 Å². The fourth-order valence-corrected chi connectivity index (χ4v) is 3.37. The number of aryl methyl sites for hydroxylation is 1. The van der Waals surface area contributed by atoms with Crippen LogP contribution in [0.25, 0.3) is 0 Å². The smallest absolute Gasteiger partial charge is 0.114 e. The molecule has 0 amide bonds. The zero-order valence-electron chi connectivity index (χ0n) is 15.6. The van der Waals surface area contributed by atoms with Crippen LogP contribution in [0.15, 0.2) is 12.5 Å². The van der Waals surface area contributed by atoms with Gasteiger partial charge in [-0.3, -0.25) is 4.90 Å². The summed E-state index contributed by atoms with van der Waals surface area (Å²) >= 11 is 0. The Kier molecular flexibility index (Phi) is 8.97. The normalized spacial score (nSPS) is 28.3. The lowest BCUT2D eigenvalue weighted by Crippen LogP contribution is -2.51. The molecule has 0 saturated carbocycles. The summed E-state index contributed by atoms with van der Waals surface area (Å²) in [6.45, 7) is 4.45. The van der Waals surface area contributed by atoms with Crippen molar-refractivity contribution in [3.8, 4) is 0 Å². The maximum Gasteiger partial charge on any atom is 0.114 e. The molecular weight excluding hydrogens is 338 g/mol. The van der Waals surface area contributed by atoms with Crippen molar-refractivity contribution >= 4 is 0 Å². The number of aromatic nitrogens is 2. The van der Waals surface area contributed by atoms with E-state index in [2.05, 4.69) is 21.4 Å². The number of hydrogen-bond acceptors (Lipinski definition) is 7. The molecule has 26 heavy (non-hydrogen) atoms. The summed E-state index contributed by atoms with van der Waals surface area (Å²) in [7, 11) is 0. The largest absolute Gasteiger partial charge is 0.394 e. The van der Waals surface area contributed by atoms with E-state index in [0.29, 0.717) is 13.2 Å². The molecule has 2 heterocycles. The highest BCUT2D eigenvalue weighted by Gasteiger charge is 2.33. The first-order valence-electron chi connectivity index (χ1n) is 9.54. The Balaban J connectivity index is 2.08. The first kappa shape index (κ1) is 21.3. The third-order valence-electron chi connectivity index (χ3n) is 4.95. The molecule has 2 rings (SSSR count). The minimum Gasteiger partial charge on any atom is -0.394 e. The van der Waals surface area contributed by atoms with Crippen LogP contribution in [0.4, 0.5) is 0 Å². The number of hydrogen-bond donors (Lipinski definition) is 4. The summed E-state index contributed by atoms with van der Waals surface area (Å²) in [4.78, 5) is 6.28. The molecule has 1 aromatic rings. The van der Waals surface area contributed by atoms with E-state index in [1.165, 1.54) is 0 Å². The highest BCUT2D eigenvalue weighted by Crippen LogP contribution is 2.16. The summed E-state index contributed by atoms with van der Waals surface area (Å²) in [5.41, 5.74) is 1.06. The monoisotopic (exact) mass is 371 g/mol. The van der Waals surface area contributed by atoms with Crippen LogP contribution in [-0.4, -0.2) is 85.6 Å². The van der Waals surface area contributed by atoms with E-state index in [9.17, 15) is 20.4 Å². The van der Waals surface area contributed by atoms with E-state index in [0.717, 1.165) is 44.5 Å². The average Bonchev–Trinajstić information content (AvgIpc) is 3.08. The summed E-state index contributed by atoms with van der Waals surface area (Å²) < 4.78 is 7.63. The van der Waals surface area contributed by atoms with Gasteiger partial charge in [0, 0.05) is 32.4 Å². The number of rotatable bonds is 5. The number of nitrogens with zero attached hydrogens (tertiary/aromatic N) is 3. The molecule has 0 radical (unpaired) electrons. The standard InChI is InChI=1S/C18H33N3O5/c1-2-21-13-19-9-14(21)10-20-7-5-3-4-6-8-26-18(16(24)12-22)17(25)15(23)11-20/h9,13,15-18,22-25H,2-8,10-12H2,1H3/t15-,16+,17+,18+/m0/s1. The van der Waals surface area contributed by atoms with Crippen LogP contribution in [0.2, 0.25) is 0 Å². The Labute approximate surface area is 155 Å². The van der Waals surface area contributed by atoms with Crippen LogP contribution in [0.5, 0.6) is 0 Å². The lowest BCUT2D eigenvalue weighted by atomic mass is 10.0. The van der Waals surface area contributed by atoms with Gasteiger partial charge in [0.05, 0.1) is 24.7 Å². The molecule has 8 nitrogen and oxygen atoms in total. The van der Waals surface area contributed by atoms with E-state index in [1.54, 1.807) is 6.33 Å². The number of aliphatic hydroxyl groups excluding tert-OH is 4. The highest BCUT2D eigenvalue weighted by molar-refractivity contribution is 4.98. The van der Waals surface area contributed by atoms with Crippen molar-refractivity contribution in [1.29, 1.82) is 0 Å². The van der Waals surface area contributed by atoms with Gasteiger partial charge >= 0.3 is 0 Å². The average molecular weight is 371 g/mol. The minimum absolute atomic E-state index is 0.258. The van der Waals surface area contributed by atoms with Gasteiger partial charge in [0.1, 0.15) is 18.3 Å². The summed E-state index contributed by atoms with van der Waals surface area (Å²) in [5, 5.41) is 40.2. The molecule has 0 unspecified atom stereocenters. The van der Waals surface area contributed by atoms with Gasteiger partial charge in [-0.1, -0.05) is 12.8 Å². The van der Waals surface area contributed by atoms with Crippen LogP contribution in [0, 0.1) is 0 Å². The first-order chi connectivity index (χ1) is 12.6. The lowest BCUT2D eigenvalue weighted by molar-refractivity contribution is -0.147. The quantitative estimate of drug-likeness (QED) is 0.564. The van der Waals surface area contributed by atoms with E-state index in [-0.39, 0.29) is 6.54 Å². The molecule has 1 fully saturated rings. The maximum atomic E-state index is 10.5. The number of aliphatic hydroxyl groups is 4. The Hall–Kier alpha value is -1.03. The van der Waals surface area contributed by atoms with Crippen molar-refractivity contribution in [1.82, 2.24) is 14.5 Å². The summed E-state index contributed by atoms with van der Waals surface area (Å²) in [6.07, 6.45) is 2.91. The summed E-state index contributed by atoms with van der Waals surface area (Å²) in [5.74, 6) is 0. The second-order valence-corrected chi connectivity index (χ2v) is 6.96. The van der Waals surface area contributed by atoms with Crippen molar-refractivity contribution in [3.05, 3.63) is 18.2 Å². The van der Waals surface area contributed by atoms with Crippen molar-refractivity contribution in [3.63, 3.8) is 0 Å². The van der Waals surface area contributed by atoms with Crippen LogP contribution in [-0.2, 0) is 17.8 Å². The number of imidazole rings is 1. The molecule has 1 aliphatic heterocycles. The second-order valence-electron chi connectivity index (χ2n) is 6.96. The van der Waals surface area contributed by atoms with Crippen molar-refractivity contribution in [2.75, 3.05) is 26.3 Å². The van der Waals surface area contributed by atoms with Gasteiger partial charge in [-0.2, -0.15) is 0 Å². The molecule has 1 aromatic heterocycles. The predicted octanol–water partition coefficient (Wildman–Crippen LogP) is -0.261. The first-order valence-corrected chi connectivity index (χ1v) is 9.54.